The molecule has 22 heavy (non-hydrogen) atoms. The summed E-state index contributed by atoms with van der Waals surface area (Å²) in [4.78, 5) is 38.0. The molecule has 0 saturated carbocycles. The first-order valence-electron chi connectivity index (χ1n) is 7.71. The summed E-state index contributed by atoms with van der Waals surface area (Å²) in [7, 11) is 0. The molecule has 1 aliphatic rings. The molecule has 6 nitrogen and oxygen atoms in total. The van der Waals surface area contributed by atoms with E-state index in [9.17, 15) is 14.4 Å². The maximum absolute atomic E-state index is 12.2. The number of likely N-dealkylation sites (tertiary alicyclic amines) is 1. The average molecular weight is 330 g/mol. The van der Waals surface area contributed by atoms with Gasteiger partial charge in [-0.05, 0) is 37.7 Å². The lowest BCUT2D eigenvalue weighted by Gasteiger charge is -2.28. The van der Waals surface area contributed by atoms with Crippen molar-refractivity contribution in [1.82, 2.24) is 9.80 Å². The Morgan fingerprint density at radius 2 is 2.00 bits per heavy atom. The highest BCUT2D eigenvalue weighted by atomic mass is 32.2. The van der Waals surface area contributed by atoms with E-state index in [1.807, 2.05) is 11.2 Å². The Labute approximate surface area is 136 Å². The lowest BCUT2D eigenvalue weighted by Crippen LogP contribution is -2.43. The third-order valence-electron chi connectivity index (χ3n) is 3.94. The van der Waals surface area contributed by atoms with Crippen molar-refractivity contribution in [2.45, 2.75) is 45.1 Å². The first-order chi connectivity index (χ1) is 10.5. The molecule has 0 aliphatic carbocycles. The maximum Gasteiger partial charge on any atom is 0.323 e. The molecule has 1 saturated heterocycles. The van der Waals surface area contributed by atoms with Gasteiger partial charge in [-0.25, -0.2) is 0 Å². The second-order valence-electron chi connectivity index (χ2n) is 5.60. The quantitative estimate of drug-likeness (QED) is 0.715. The van der Waals surface area contributed by atoms with Crippen LogP contribution in [-0.2, 0) is 14.4 Å². The molecular weight excluding hydrogens is 304 g/mol. The van der Waals surface area contributed by atoms with Crippen molar-refractivity contribution in [2.24, 2.45) is 0 Å². The van der Waals surface area contributed by atoms with Crippen molar-refractivity contribution in [3.63, 3.8) is 0 Å². The number of carbonyl (C=O) groups excluding carboxylic acids is 2. The van der Waals surface area contributed by atoms with Crippen LogP contribution in [0.15, 0.2) is 0 Å². The van der Waals surface area contributed by atoms with Crippen LogP contribution in [0.5, 0.6) is 0 Å². The number of rotatable bonds is 7. The van der Waals surface area contributed by atoms with E-state index in [2.05, 4.69) is 0 Å². The minimum atomic E-state index is -0.996. The number of hydrogen-bond acceptors (Lipinski definition) is 4. The van der Waals surface area contributed by atoms with Gasteiger partial charge in [-0.3, -0.25) is 14.4 Å². The fourth-order valence-electron chi connectivity index (χ4n) is 2.81. The molecule has 0 bridgehead atoms. The van der Waals surface area contributed by atoms with Crippen molar-refractivity contribution in [2.75, 3.05) is 31.6 Å². The van der Waals surface area contributed by atoms with Gasteiger partial charge in [0.1, 0.15) is 6.54 Å². The molecule has 126 valence electrons. The van der Waals surface area contributed by atoms with Crippen LogP contribution < -0.4 is 0 Å². The number of thioether (sulfide) groups is 1. The zero-order valence-electron chi connectivity index (χ0n) is 13.4. The van der Waals surface area contributed by atoms with Crippen LogP contribution in [0.1, 0.15) is 39.0 Å². The number of nitrogens with zero attached hydrogens (tertiary/aromatic N) is 2. The summed E-state index contributed by atoms with van der Waals surface area (Å²) >= 11 is 1.74. The Hall–Kier alpha value is -1.24. The molecular formula is C15H26N2O4S. The summed E-state index contributed by atoms with van der Waals surface area (Å²) in [5, 5.41) is 8.93. The predicted molar refractivity (Wildman–Crippen MR) is 86.9 cm³/mol. The Kier molecular flexibility index (Phi) is 8.30. The molecule has 0 aromatic rings. The first-order valence-corrected chi connectivity index (χ1v) is 9.10. The lowest BCUT2D eigenvalue weighted by molar-refractivity contribution is -0.145. The predicted octanol–water partition coefficient (Wildman–Crippen LogP) is 1.44. The van der Waals surface area contributed by atoms with Gasteiger partial charge in [0.05, 0.1) is 0 Å². The second-order valence-corrected chi connectivity index (χ2v) is 6.59. The molecule has 1 heterocycles. The SMILES string of the molecule is CSCCCC(=O)N1CCC[C@@H](N(CC(=O)O)C(C)=O)CC1. The molecule has 7 heteroatoms. The van der Waals surface area contributed by atoms with Crippen LogP contribution in [0.4, 0.5) is 0 Å². The molecule has 1 rings (SSSR count). The Morgan fingerprint density at radius 3 is 2.59 bits per heavy atom. The van der Waals surface area contributed by atoms with E-state index in [0.717, 1.165) is 25.0 Å². The smallest absolute Gasteiger partial charge is 0.323 e. The monoisotopic (exact) mass is 330 g/mol. The molecule has 2 amide bonds. The summed E-state index contributed by atoms with van der Waals surface area (Å²) in [5.74, 6) is -0.0576. The van der Waals surface area contributed by atoms with E-state index in [1.165, 1.54) is 11.8 Å². The highest BCUT2D eigenvalue weighted by molar-refractivity contribution is 7.98. The van der Waals surface area contributed by atoms with Crippen LogP contribution >= 0.6 is 11.8 Å². The standard InChI is InChI=1S/C15H26N2O4S/c1-12(18)17(11-15(20)21)13-5-3-8-16(9-7-13)14(19)6-4-10-22-2/h13H,3-11H2,1-2H3,(H,20,21)/t13-/m1/s1. The fraction of sp³-hybridized carbons (Fsp3) is 0.800. The van der Waals surface area contributed by atoms with Gasteiger partial charge in [0.2, 0.25) is 11.8 Å². The number of carboxylic acids is 1. The summed E-state index contributed by atoms with van der Waals surface area (Å²) < 4.78 is 0. The molecule has 1 aliphatic heterocycles. The van der Waals surface area contributed by atoms with Crippen LogP contribution in [0, 0.1) is 0 Å². The zero-order chi connectivity index (χ0) is 16.5. The molecule has 0 aromatic heterocycles. The topological polar surface area (TPSA) is 77.9 Å². The van der Waals surface area contributed by atoms with Crippen molar-refractivity contribution < 1.29 is 19.5 Å². The van der Waals surface area contributed by atoms with E-state index in [1.54, 1.807) is 11.8 Å². The second kappa shape index (κ2) is 9.71. The van der Waals surface area contributed by atoms with E-state index < -0.39 is 5.97 Å². The summed E-state index contributed by atoms with van der Waals surface area (Å²) in [6, 6.07) is -0.0856. The molecule has 0 spiro atoms. The van der Waals surface area contributed by atoms with Gasteiger partial charge >= 0.3 is 5.97 Å². The van der Waals surface area contributed by atoms with Crippen molar-refractivity contribution in [3.8, 4) is 0 Å². The van der Waals surface area contributed by atoms with E-state index in [0.29, 0.717) is 25.9 Å². The van der Waals surface area contributed by atoms with Crippen LogP contribution in [0.2, 0.25) is 0 Å². The van der Waals surface area contributed by atoms with Crippen molar-refractivity contribution in [1.29, 1.82) is 0 Å². The summed E-state index contributed by atoms with van der Waals surface area (Å²) in [5.41, 5.74) is 0. The van der Waals surface area contributed by atoms with E-state index in [-0.39, 0.29) is 24.4 Å². The highest BCUT2D eigenvalue weighted by Gasteiger charge is 2.27. The Morgan fingerprint density at radius 1 is 1.27 bits per heavy atom. The van der Waals surface area contributed by atoms with Gasteiger partial charge in [-0.1, -0.05) is 0 Å². The van der Waals surface area contributed by atoms with Gasteiger partial charge in [0, 0.05) is 32.5 Å². The largest absolute Gasteiger partial charge is 0.480 e. The zero-order valence-corrected chi connectivity index (χ0v) is 14.2. The maximum atomic E-state index is 12.2. The number of aliphatic carboxylic acids is 1. The van der Waals surface area contributed by atoms with Gasteiger partial charge in [-0.2, -0.15) is 11.8 Å². The molecule has 1 atom stereocenters. The van der Waals surface area contributed by atoms with Crippen LogP contribution in [0.3, 0.4) is 0 Å². The Balaban J connectivity index is 2.54. The van der Waals surface area contributed by atoms with E-state index in [4.69, 9.17) is 5.11 Å². The van der Waals surface area contributed by atoms with Gasteiger partial charge in [0.25, 0.3) is 0 Å². The summed E-state index contributed by atoms with van der Waals surface area (Å²) in [6.07, 6.45) is 5.69. The van der Waals surface area contributed by atoms with E-state index >= 15 is 0 Å². The van der Waals surface area contributed by atoms with Crippen LogP contribution in [0.25, 0.3) is 0 Å². The van der Waals surface area contributed by atoms with Crippen LogP contribution in [-0.4, -0.2) is 70.4 Å². The third kappa shape index (κ3) is 6.25. The molecule has 1 fully saturated rings. The molecule has 0 radical (unpaired) electrons. The van der Waals surface area contributed by atoms with Crippen molar-refractivity contribution in [3.05, 3.63) is 0 Å². The number of amides is 2. The minimum absolute atomic E-state index is 0.0856. The molecule has 0 unspecified atom stereocenters. The molecule has 0 aromatic carbocycles. The van der Waals surface area contributed by atoms with Gasteiger partial charge in [0.15, 0.2) is 0 Å². The van der Waals surface area contributed by atoms with Gasteiger partial charge < -0.3 is 14.9 Å². The summed E-state index contributed by atoms with van der Waals surface area (Å²) in [6.45, 7) is 2.44. The first kappa shape index (κ1) is 18.8. The highest BCUT2D eigenvalue weighted by Crippen LogP contribution is 2.18. The number of hydrogen-bond donors (Lipinski definition) is 1. The third-order valence-corrected chi connectivity index (χ3v) is 4.64. The number of carboxylic acid groups (broad SMARTS) is 1. The normalized spacial score (nSPS) is 18.6. The average Bonchev–Trinajstić information content (AvgIpc) is 2.70. The van der Waals surface area contributed by atoms with Gasteiger partial charge in [-0.15, -0.1) is 0 Å². The molecule has 1 N–H and O–H groups in total. The minimum Gasteiger partial charge on any atom is -0.480 e. The Bertz CT molecular complexity index is 403. The fourth-order valence-corrected chi connectivity index (χ4v) is 3.24. The van der Waals surface area contributed by atoms with Crippen molar-refractivity contribution >= 4 is 29.5 Å². The number of carbonyl (C=O) groups is 3. The lowest BCUT2D eigenvalue weighted by atomic mass is 10.1.